The van der Waals surface area contributed by atoms with Crippen LogP contribution in [0.1, 0.15) is 21.5 Å². The van der Waals surface area contributed by atoms with Crippen LogP contribution in [0.5, 0.6) is 0 Å². The summed E-state index contributed by atoms with van der Waals surface area (Å²) in [7, 11) is 0. The summed E-state index contributed by atoms with van der Waals surface area (Å²) >= 11 is 1.13. The molecule has 6 nitrogen and oxygen atoms in total. The van der Waals surface area contributed by atoms with Crippen molar-refractivity contribution >= 4 is 45.5 Å². The van der Waals surface area contributed by atoms with Gasteiger partial charge in [-0.15, -0.1) is 0 Å². The van der Waals surface area contributed by atoms with Gasteiger partial charge in [-0.3, -0.25) is 4.79 Å². The van der Waals surface area contributed by atoms with Crippen LogP contribution in [0, 0.1) is 13.8 Å². The van der Waals surface area contributed by atoms with Gasteiger partial charge < -0.3 is 9.73 Å². The van der Waals surface area contributed by atoms with Crippen molar-refractivity contribution in [3.05, 3.63) is 71.3 Å². The molecule has 5 rings (SSSR count). The highest BCUT2D eigenvalue weighted by Crippen LogP contribution is 2.27. The monoisotopic (exact) mass is 400 g/mol. The maximum Gasteiger partial charge on any atom is 0.255 e. The molecule has 3 aromatic carbocycles. The van der Waals surface area contributed by atoms with Crippen molar-refractivity contribution in [2.75, 3.05) is 5.32 Å². The number of nitrogens with one attached hydrogen (secondary N) is 1. The molecule has 1 N–H and O–H groups in total. The first-order valence-electron chi connectivity index (χ1n) is 9.09. The molecule has 1 amide bonds. The van der Waals surface area contributed by atoms with Crippen LogP contribution in [0.3, 0.4) is 0 Å². The van der Waals surface area contributed by atoms with E-state index in [1.165, 1.54) is 11.1 Å². The summed E-state index contributed by atoms with van der Waals surface area (Å²) in [6.45, 7) is 4.14. The fourth-order valence-electron chi connectivity index (χ4n) is 3.13. The smallest absolute Gasteiger partial charge is 0.255 e. The molecule has 0 spiro atoms. The second-order valence-corrected chi connectivity index (χ2v) is 7.45. The van der Waals surface area contributed by atoms with E-state index < -0.39 is 0 Å². The Labute approximate surface area is 170 Å². The second-order valence-electron chi connectivity index (χ2n) is 6.92. The van der Waals surface area contributed by atoms with E-state index in [4.69, 9.17) is 4.42 Å². The van der Waals surface area contributed by atoms with E-state index in [0.29, 0.717) is 33.8 Å². The third-order valence-electron chi connectivity index (χ3n) is 4.92. The lowest BCUT2D eigenvalue weighted by Crippen LogP contribution is -2.11. The number of oxazole rings is 1. The Morgan fingerprint density at radius 1 is 0.897 bits per heavy atom. The molecule has 0 aliphatic carbocycles. The minimum Gasteiger partial charge on any atom is -0.436 e. The van der Waals surface area contributed by atoms with Crippen LogP contribution in [0.4, 0.5) is 5.69 Å². The molecule has 0 fully saturated rings. The van der Waals surface area contributed by atoms with E-state index in [0.717, 1.165) is 22.8 Å². The minimum atomic E-state index is -0.211. The Balaban J connectivity index is 1.43. The molecule has 0 aliphatic heterocycles. The van der Waals surface area contributed by atoms with Gasteiger partial charge in [-0.2, -0.15) is 8.75 Å². The zero-order chi connectivity index (χ0) is 20.0. The summed E-state index contributed by atoms with van der Waals surface area (Å²) < 4.78 is 14.2. The second kappa shape index (κ2) is 6.79. The molecule has 0 saturated heterocycles. The Hall–Kier alpha value is -3.58. The SMILES string of the molecule is Cc1ccc(-c2nc3cc(NC(=O)c4ccc5nsnc5c4)ccc3o2)cc1C. The zero-order valence-corrected chi connectivity index (χ0v) is 16.6. The van der Waals surface area contributed by atoms with Gasteiger partial charge in [0.15, 0.2) is 5.58 Å². The largest absolute Gasteiger partial charge is 0.436 e. The van der Waals surface area contributed by atoms with Gasteiger partial charge in [0.25, 0.3) is 5.91 Å². The van der Waals surface area contributed by atoms with Crippen LogP contribution >= 0.6 is 11.7 Å². The van der Waals surface area contributed by atoms with E-state index in [9.17, 15) is 4.79 Å². The average molecular weight is 400 g/mol. The number of hydrogen-bond donors (Lipinski definition) is 1. The summed E-state index contributed by atoms with van der Waals surface area (Å²) in [5.41, 5.74) is 7.38. The lowest BCUT2D eigenvalue weighted by Gasteiger charge is -2.04. The number of benzene rings is 3. The van der Waals surface area contributed by atoms with Gasteiger partial charge in [0.1, 0.15) is 16.6 Å². The van der Waals surface area contributed by atoms with Gasteiger partial charge >= 0.3 is 0 Å². The predicted octanol–water partition coefficient (Wildman–Crippen LogP) is 5.37. The summed E-state index contributed by atoms with van der Waals surface area (Å²) in [6, 6.07) is 16.8. The molecular weight excluding hydrogens is 384 g/mol. The van der Waals surface area contributed by atoms with Crippen LogP contribution < -0.4 is 5.32 Å². The predicted molar refractivity (Wildman–Crippen MR) is 114 cm³/mol. The first kappa shape index (κ1) is 17.5. The minimum absolute atomic E-state index is 0.211. The quantitative estimate of drug-likeness (QED) is 0.440. The van der Waals surface area contributed by atoms with Crippen molar-refractivity contribution in [3.8, 4) is 11.5 Å². The van der Waals surface area contributed by atoms with Gasteiger partial charge in [-0.05, 0) is 73.5 Å². The molecule has 7 heteroatoms. The molecule has 0 aliphatic rings. The first-order chi connectivity index (χ1) is 14.1. The lowest BCUT2D eigenvalue weighted by atomic mass is 10.1. The molecule has 29 heavy (non-hydrogen) atoms. The lowest BCUT2D eigenvalue weighted by molar-refractivity contribution is 0.102. The highest BCUT2D eigenvalue weighted by Gasteiger charge is 2.12. The third-order valence-corrected chi connectivity index (χ3v) is 5.47. The fraction of sp³-hybridized carbons (Fsp3) is 0.0909. The fourth-order valence-corrected chi connectivity index (χ4v) is 3.65. The highest BCUT2D eigenvalue weighted by atomic mass is 32.1. The van der Waals surface area contributed by atoms with Gasteiger partial charge in [0.2, 0.25) is 5.89 Å². The van der Waals surface area contributed by atoms with Crippen LogP contribution in [0.25, 0.3) is 33.6 Å². The molecule has 0 bridgehead atoms. The van der Waals surface area contributed by atoms with Crippen molar-refractivity contribution in [3.63, 3.8) is 0 Å². The number of amides is 1. The molecular formula is C22H16N4O2S. The number of rotatable bonds is 3. The van der Waals surface area contributed by atoms with Crippen LogP contribution in [-0.2, 0) is 0 Å². The van der Waals surface area contributed by atoms with Crippen molar-refractivity contribution in [2.24, 2.45) is 0 Å². The van der Waals surface area contributed by atoms with Crippen molar-refractivity contribution in [1.29, 1.82) is 0 Å². The molecule has 2 heterocycles. The van der Waals surface area contributed by atoms with Crippen molar-refractivity contribution in [2.45, 2.75) is 13.8 Å². The number of fused-ring (bicyclic) bond motifs is 2. The van der Waals surface area contributed by atoms with Crippen molar-refractivity contribution < 1.29 is 9.21 Å². The molecule has 0 saturated carbocycles. The maximum atomic E-state index is 12.6. The number of nitrogens with zero attached hydrogens (tertiary/aromatic N) is 3. The van der Waals surface area contributed by atoms with E-state index in [2.05, 4.69) is 45.0 Å². The molecule has 2 aromatic heterocycles. The summed E-state index contributed by atoms with van der Waals surface area (Å²) in [4.78, 5) is 17.2. The van der Waals surface area contributed by atoms with Gasteiger partial charge in [0, 0.05) is 16.8 Å². The first-order valence-corrected chi connectivity index (χ1v) is 9.82. The Morgan fingerprint density at radius 3 is 2.62 bits per heavy atom. The number of aryl methyl sites for hydroxylation is 2. The third kappa shape index (κ3) is 3.25. The van der Waals surface area contributed by atoms with E-state index >= 15 is 0 Å². The van der Waals surface area contributed by atoms with Crippen molar-refractivity contribution in [1.82, 2.24) is 13.7 Å². The van der Waals surface area contributed by atoms with Crippen LogP contribution in [0.15, 0.2) is 59.0 Å². The number of carbonyl (C=O) groups excluding carboxylic acids is 1. The highest BCUT2D eigenvalue weighted by molar-refractivity contribution is 7.00. The number of anilines is 1. The van der Waals surface area contributed by atoms with E-state index in [1.54, 1.807) is 24.3 Å². The maximum absolute atomic E-state index is 12.6. The molecule has 0 radical (unpaired) electrons. The van der Waals surface area contributed by atoms with E-state index in [-0.39, 0.29) is 5.91 Å². The van der Waals surface area contributed by atoms with Gasteiger partial charge in [0.05, 0.1) is 11.7 Å². The molecule has 142 valence electrons. The summed E-state index contributed by atoms with van der Waals surface area (Å²) in [5.74, 6) is 0.352. The summed E-state index contributed by atoms with van der Waals surface area (Å²) in [6.07, 6.45) is 0. The van der Waals surface area contributed by atoms with Crippen LogP contribution in [-0.4, -0.2) is 19.6 Å². The van der Waals surface area contributed by atoms with Gasteiger partial charge in [-0.25, -0.2) is 4.98 Å². The number of carbonyl (C=O) groups is 1. The van der Waals surface area contributed by atoms with Crippen LogP contribution in [0.2, 0.25) is 0 Å². The summed E-state index contributed by atoms with van der Waals surface area (Å²) in [5, 5.41) is 2.91. The standard InChI is InChI=1S/C22H16N4O2S/c1-12-3-4-15(9-13(12)2)22-24-19-11-16(6-8-20(19)28-22)23-21(27)14-5-7-17-18(10-14)26-29-25-17/h3-11H,1-2H3,(H,23,27). The number of aromatic nitrogens is 3. The molecule has 0 unspecified atom stereocenters. The van der Waals surface area contributed by atoms with Gasteiger partial charge in [-0.1, -0.05) is 6.07 Å². The average Bonchev–Trinajstić information content (AvgIpc) is 3.35. The molecule has 5 aromatic rings. The van der Waals surface area contributed by atoms with E-state index in [1.807, 2.05) is 18.2 Å². The molecule has 0 atom stereocenters. The Kier molecular flexibility index (Phi) is 4.10. The Bertz CT molecular complexity index is 1390. The number of hydrogen-bond acceptors (Lipinski definition) is 6. The Morgan fingerprint density at radius 2 is 1.76 bits per heavy atom. The topological polar surface area (TPSA) is 80.9 Å². The zero-order valence-electron chi connectivity index (χ0n) is 15.8. The normalized spacial score (nSPS) is 11.2.